The highest BCUT2D eigenvalue weighted by molar-refractivity contribution is 6.08. The van der Waals surface area contributed by atoms with Crippen LogP contribution < -0.4 is 10.1 Å². The van der Waals surface area contributed by atoms with Gasteiger partial charge in [-0.25, -0.2) is 9.50 Å². The van der Waals surface area contributed by atoms with E-state index in [-0.39, 0.29) is 35.5 Å². The van der Waals surface area contributed by atoms with Gasteiger partial charge in [-0.2, -0.15) is 5.10 Å². The lowest BCUT2D eigenvalue weighted by Gasteiger charge is -2.27. The molecule has 1 fully saturated rings. The minimum Gasteiger partial charge on any atom is -0.396 e. The van der Waals surface area contributed by atoms with Gasteiger partial charge in [0, 0.05) is 19.0 Å². The summed E-state index contributed by atoms with van der Waals surface area (Å²) in [4.78, 5) is 16.7. The Morgan fingerprint density at radius 3 is 2.77 bits per heavy atom. The van der Waals surface area contributed by atoms with E-state index in [0.29, 0.717) is 12.8 Å². The van der Waals surface area contributed by atoms with Crippen LogP contribution in [-0.2, 0) is 0 Å². The van der Waals surface area contributed by atoms with Gasteiger partial charge in [0.2, 0.25) is 0 Å². The molecule has 0 aromatic carbocycles. The highest BCUT2D eigenvalue weighted by Gasteiger charge is 2.35. The summed E-state index contributed by atoms with van der Waals surface area (Å²) in [7, 11) is 0. The summed E-state index contributed by atoms with van der Waals surface area (Å²) >= 11 is 0. The fourth-order valence-electron chi connectivity index (χ4n) is 3.60. The Hall–Kier alpha value is -3.15. The third-order valence-electron chi connectivity index (χ3n) is 5.13. The first-order valence-electron chi connectivity index (χ1n) is 9.39. The number of aliphatic hydroxyl groups excluding tert-OH is 1. The van der Waals surface area contributed by atoms with Gasteiger partial charge in [0.05, 0.1) is 18.4 Å². The lowest BCUT2D eigenvalue weighted by molar-refractivity contribution is -0.276. The molecule has 3 heterocycles. The van der Waals surface area contributed by atoms with Crippen LogP contribution in [0.2, 0.25) is 0 Å². The lowest BCUT2D eigenvalue weighted by Crippen LogP contribution is -2.21. The van der Waals surface area contributed by atoms with E-state index in [1.54, 1.807) is 12.3 Å². The average molecular weight is 424 g/mol. The first-order chi connectivity index (χ1) is 14.3. The average Bonchev–Trinajstić information content (AvgIpc) is 3.31. The molecule has 12 heteroatoms. The molecular weight excluding hydrogens is 405 g/mol. The molecule has 3 aromatic rings. The number of carbonyl (C=O) groups excluding carboxylic acids is 1. The maximum atomic E-state index is 12.9. The Morgan fingerprint density at radius 1 is 1.30 bits per heavy atom. The number of aliphatic hydroxyl groups is 1. The van der Waals surface area contributed by atoms with Crippen molar-refractivity contribution >= 4 is 17.2 Å². The number of hydrogen-bond donors (Lipinski definition) is 2. The number of nitrogens with one attached hydrogen (secondary N) is 1. The number of alkyl halides is 3. The quantitative estimate of drug-likeness (QED) is 0.652. The number of nitrogens with zero attached hydrogens (tertiary/aromatic N) is 5. The topological polar surface area (TPSA) is 107 Å². The van der Waals surface area contributed by atoms with E-state index in [9.17, 15) is 23.1 Å². The van der Waals surface area contributed by atoms with Gasteiger partial charge < -0.3 is 15.2 Å². The van der Waals surface area contributed by atoms with Crippen molar-refractivity contribution in [3.8, 4) is 5.88 Å². The summed E-state index contributed by atoms with van der Waals surface area (Å²) < 4.78 is 45.4. The van der Waals surface area contributed by atoms with Crippen molar-refractivity contribution in [1.82, 2.24) is 24.4 Å². The minimum atomic E-state index is -4.96. The molecule has 2 N–H and O–H groups in total. The summed E-state index contributed by atoms with van der Waals surface area (Å²) in [5.74, 6) is -1.23. The third-order valence-corrected chi connectivity index (χ3v) is 5.13. The van der Waals surface area contributed by atoms with E-state index in [2.05, 4.69) is 25.2 Å². The maximum absolute atomic E-state index is 12.9. The van der Waals surface area contributed by atoms with Gasteiger partial charge in [0.15, 0.2) is 5.65 Å². The van der Waals surface area contributed by atoms with Crippen LogP contribution >= 0.6 is 0 Å². The zero-order valence-electron chi connectivity index (χ0n) is 15.7. The van der Waals surface area contributed by atoms with Crippen LogP contribution in [0.15, 0.2) is 30.9 Å². The number of amides is 1. The van der Waals surface area contributed by atoms with Crippen LogP contribution in [-0.4, -0.2) is 48.4 Å². The molecule has 1 aliphatic rings. The summed E-state index contributed by atoms with van der Waals surface area (Å²) in [5, 5.41) is 19.6. The van der Waals surface area contributed by atoms with Gasteiger partial charge in [-0.1, -0.05) is 0 Å². The molecule has 9 nitrogen and oxygen atoms in total. The minimum absolute atomic E-state index is 0.0866. The molecule has 160 valence electrons. The lowest BCUT2D eigenvalue weighted by atomic mass is 9.87. The van der Waals surface area contributed by atoms with Crippen molar-refractivity contribution in [2.45, 2.75) is 38.1 Å². The van der Waals surface area contributed by atoms with E-state index in [4.69, 9.17) is 0 Å². The number of ether oxygens (including phenoxy) is 1. The van der Waals surface area contributed by atoms with Crippen LogP contribution in [0.4, 0.5) is 18.9 Å². The van der Waals surface area contributed by atoms with Crippen LogP contribution in [0.5, 0.6) is 5.88 Å². The van der Waals surface area contributed by atoms with Crippen LogP contribution in [0.1, 0.15) is 42.1 Å². The number of fused-ring (bicyclic) bond motifs is 1. The molecule has 3 aromatic heterocycles. The SMILES string of the molecule is O=C(Nc1cn(C2CCC(CO)CC2)nc1OC(F)(F)F)c1cnn2cccnc12. The second kappa shape index (κ2) is 7.94. The standard InChI is InChI=1S/C18H19F3N6O3/c19-18(20,21)30-17-14(9-27(25-17)12-4-2-11(10-28)3-5-12)24-16(29)13-8-23-26-7-1-6-22-15(13)26/h1,6-9,11-12,28H,2-5,10H2,(H,24,29). The smallest absolute Gasteiger partial charge is 0.396 e. The van der Waals surface area contributed by atoms with Gasteiger partial charge in [-0.05, 0) is 37.7 Å². The first-order valence-corrected chi connectivity index (χ1v) is 9.39. The molecule has 0 bridgehead atoms. The van der Waals surface area contributed by atoms with E-state index in [1.165, 1.54) is 27.8 Å². The number of halogens is 3. The first kappa shape index (κ1) is 20.1. The molecule has 30 heavy (non-hydrogen) atoms. The molecule has 0 saturated heterocycles. The zero-order chi connectivity index (χ0) is 21.3. The Morgan fingerprint density at radius 2 is 2.07 bits per heavy atom. The molecule has 1 amide bonds. The molecule has 0 atom stereocenters. The van der Waals surface area contributed by atoms with Gasteiger partial charge in [-0.15, -0.1) is 18.3 Å². The van der Waals surface area contributed by atoms with Crippen molar-refractivity contribution in [3.63, 3.8) is 0 Å². The predicted molar refractivity (Wildman–Crippen MR) is 97.9 cm³/mol. The van der Waals surface area contributed by atoms with Crippen molar-refractivity contribution in [1.29, 1.82) is 0 Å². The Bertz CT molecular complexity index is 1040. The van der Waals surface area contributed by atoms with Crippen molar-refractivity contribution in [3.05, 3.63) is 36.4 Å². The summed E-state index contributed by atoms with van der Waals surface area (Å²) in [5.41, 5.74) is 0.171. The molecule has 0 spiro atoms. The third kappa shape index (κ3) is 4.22. The molecule has 4 rings (SSSR count). The maximum Gasteiger partial charge on any atom is 0.574 e. The monoisotopic (exact) mass is 424 g/mol. The molecule has 0 radical (unpaired) electrons. The highest BCUT2D eigenvalue weighted by atomic mass is 19.4. The summed E-state index contributed by atoms with van der Waals surface area (Å²) in [6.45, 7) is 0.0866. The number of anilines is 1. The zero-order valence-corrected chi connectivity index (χ0v) is 15.7. The Labute approximate surface area is 168 Å². The predicted octanol–water partition coefficient (Wildman–Crippen LogP) is 2.80. The second-order valence-corrected chi connectivity index (χ2v) is 7.13. The molecule has 1 saturated carbocycles. The van der Waals surface area contributed by atoms with E-state index < -0.39 is 18.1 Å². The van der Waals surface area contributed by atoms with E-state index in [0.717, 1.165) is 12.8 Å². The van der Waals surface area contributed by atoms with Gasteiger partial charge >= 0.3 is 6.36 Å². The van der Waals surface area contributed by atoms with Crippen LogP contribution in [0, 0.1) is 5.92 Å². The molecular formula is C18H19F3N6O3. The fraction of sp³-hybridized carbons (Fsp3) is 0.444. The number of hydrogen-bond acceptors (Lipinski definition) is 6. The summed E-state index contributed by atoms with van der Waals surface area (Å²) in [6, 6.07) is 1.49. The molecule has 1 aliphatic carbocycles. The second-order valence-electron chi connectivity index (χ2n) is 7.13. The fourth-order valence-corrected chi connectivity index (χ4v) is 3.60. The highest BCUT2D eigenvalue weighted by Crippen LogP contribution is 2.36. The number of carbonyl (C=O) groups is 1. The number of aromatic nitrogens is 5. The van der Waals surface area contributed by atoms with E-state index >= 15 is 0 Å². The van der Waals surface area contributed by atoms with Gasteiger partial charge in [0.1, 0.15) is 11.3 Å². The van der Waals surface area contributed by atoms with E-state index in [1.807, 2.05) is 0 Å². The van der Waals surface area contributed by atoms with Crippen molar-refractivity contribution in [2.75, 3.05) is 11.9 Å². The Balaban J connectivity index is 1.59. The number of rotatable bonds is 5. The van der Waals surface area contributed by atoms with Gasteiger partial charge in [-0.3, -0.25) is 9.48 Å². The van der Waals surface area contributed by atoms with Crippen LogP contribution in [0.25, 0.3) is 5.65 Å². The van der Waals surface area contributed by atoms with Gasteiger partial charge in [0.25, 0.3) is 11.8 Å². The largest absolute Gasteiger partial charge is 0.574 e. The Kier molecular flexibility index (Phi) is 5.33. The summed E-state index contributed by atoms with van der Waals surface area (Å²) in [6.07, 6.45) is 3.53. The molecule has 0 unspecified atom stereocenters. The van der Waals surface area contributed by atoms with Crippen molar-refractivity contribution in [2.24, 2.45) is 5.92 Å². The normalized spacial score (nSPS) is 19.7. The van der Waals surface area contributed by atoms with Crippen molar-refractivity contribution < 1.29 is 27.8 Å². The molecule has 0 aliphatic heterocycles. The van der Waals surface area contributed by atoms with Crippen LogP contribution in [0.3, 0.4) is 0 Å².